The second-order valence-electron chi connectivity index (χ2n) is 4.22. The van der Waals surface area contributed by atoms with Crippen LogP contribution in [0.1, 0.15) is 52.9 Å². The summed E-state index contributed by atoms with van der Waals surface area (Å²) < 4.78 is 11.3. The maximum absolute atomic E-state index is 10.2. The smallest absolute Gasteiger partial charge is 0.179 e. The molecule has 0 saturated carbocycles. The number of rotatable bonds is 12. The minimum absolute atomic E-state index is 0.221. The van der Waals surface area contributed by atoms with Gasteiger partial charge in [-0.1, -0.05) is 31.6 Å². The van der Waals surface area contributed by atoms with Crippen LogP contribution in [-0.4, -0.2) is 25.8 Å². The molecule has 0 fully saturated rings. The van der Waals surface area contributed by atoms with Crippen LogP contribution in [0.25, 0.3) is 0 Å². The molecular weight excluding hydrogens is 240 g/mol. The Morgan fingerprint density at radius 1 is 1.05 bits per heavy atom. The fourth-order valence-corrected chi connectivity index (χ4v) is 1.73. The molecule has 0 amide bonds. The minimum atomic E-state index is -0.221. The first kappa shape index (κ1) is 18.1. The summed E-state index contributed by atoms with van der Waals surface area (Å²) >= 11 is 0. The normalized spacial score (nSPS) is 12.5. The third-order valence-electron chi connectivity index (χ3n) is 2.63. The largest absolute Gasteiger partial charge is 0.349 e. The number of hydrogen-bond acceptors (Lipinski definition) is 3. The van der Waals surface area contributed by atoms with Gasteiger partial charge in [0.2, 0.25) is 0 Å². The van der Waals surface area contributed by atoms with Crippen molar-refractivity contribution < 1.29 is 14.3 Å². The molecule has 3 nitrogen and oxygen atoms in total. The fraction of sp³-hybridized carbons (Fsp3) is 0.688. The Morgan fingerprint density at radius 3 is 2.26 bits per heavy atom. The number of allylic oxidation sites excluding steroid dienone is 3. The van der Waals surface area contributed by atoms with Gasteiger partial charge in [-0.05, 0) is 38.7 Å². The molecule has 0 atom stereocenters. The lowest BCUT2D eigenvalue weighted by Crippen LogP contribution is -2.20. The Balaban J connectivity index is 4.44. The first-order valence-corrected chi connectivity index (χ1v) is 7.30. The molecule has 0 aliphatic carbocycles. The Morgan fingerprint density at radius 2 is 1.74 bits per heavy atom. The molecule has 3 heteroatoms. The topological polar surface area (TPSA) is 35.5 Å². The number of ether oxygens (including phenoxy) is 2. The van der Waals surface area contributed by atoms with Crippen molar-refractivity contribution in [2.24, 2.45) is 0 Å². The molecule has 0 aliphatic rings. The lowest BCUT2D eigenvalue weighted by atomic mass is 10.1. The van der Waals surface area contributed by atoms with E-state index in [1.54, 1.807) is 0 Å². The second kappa shape index (κ2) is 13.5. The molecule has 0 unspecified atom stereocenters. The molecule has 19 heavy (non-hydrogen) atoms. The van der Waals surface area contributed by atoms with Crippen LogP contribution in [0.4, 0.5) is 0 Å². The highest BCUT2D eigenvalue weighted by Gasteiger charge is 2.13. The summed E-state index contributed by atoms with van der Waals surface area (Å²) in [5.41, 5.74) is 1.21. The summed E-state index contributed by atoms with van der Waals surface area (Å²) in [5, 5.41) is 0. The summed E-state index contributed by atoms with van der Waals surface area (Å²) in [4.78, 5) is 10.2. The van der Waals surface area contributed by atoms with Crippen molar-refractivity contribution in [1.82, 2.24) is 0 Å². The highest BCUT2D eigenvalue weighted by molar-refractivity contribution is 5.51. The van der Waals surface area contributed by atoms with Gasteiger partial charge >= 0.3 is 0 Å². The van der Waals surface area contributed by atoms with Crippen LogP contribution in [0.15, 0.2) is 23.8 Å². The van der Waals surface area contributed by atoms with Crippen LogP contribution in [0.2, 0.25) is 0 Å². The van der Waals surface area contributed by atoms with E-state index in [-0.39, 0.29) is 6.29 Å². The first-order valence-electron chi connectivity index (χ1n) is 7.30. The maximum Gasteiger partial charge on any atom is 0.179 e. The lowest BCUT2D eigenvalue weighted by Gasteiger charge is -2.20. The quantitative estimate of drug-likeness (QED) is 0.304. The molecule has 0 aromatic carbocycles. The molecule has 0 radical (unpaired) electrons. The Kier molecular flexibility index (Phi) is 12.8. The van der Waals surface area contributed by atoms with Gasteiger partial charge in [0.25, 0.3) is 0 Å². The molecule has 0 bridgehead atoms. The van der Waals surface area contributed by atoms with E-state index in [1.807, 2.05) is 26.0 Å². The molecule has 0 aromatic rings. The highest BCUT2D eigenvalue weighted by Crippen LogP contribution is 2.17. The molecule has 110 valence electrons. The first-order chi connectivity index (χ1) is 9.29. The van der Waals surface area contributed by atoms with Gasteiger partial charge in [0, 0.05) is 19.6 Å². The number of aldehydes is 1. The maximum atomic E-state index is 10.2. The summed E-state index contributed by atoms with van der Waals surface area (Å²) in [5.74, 6) is 0. The van der Waals surface area contributed by atoms with Crippen molar-refractivity contribution in [2.75, 3.05) is 13.2 Å². The van der Waals surface area contributed by atoms with E-state index >= 15 is 0 Å². The van der Waals surface area contributed by atoms with Crippen molar-refractivity contribution >= 4 is 6.29 Å². The predicted molar refractivity (Wildman–Crippen MR) is 79.1 cm³/mol. The van der Waals surface area contributed by atoms with Gasteiger partial charge in [0.1, 0.15) is 6.29 Å². The standard InChI is InChI=1S/C16H28O3/c1-4-7-12-15(13-10-8-9-11-14-17)16(18-5-2)19-6-3/h8-9,12,14,16H,4-7,10-11,13H2,1-3H3. The van der Waals surface area contributed by atoms with Crippen LogP contribution in [0, 0.1) is 0 Å². The van der Waals surface area contributed by atoms with E-state index < -0.39 is 0 Å². The monoisotopic (exact) mass is 268 g/mol. The summed E-state index contributed by atoms with van der Waals surface area (Å²) in [6.07, 6.45) is 11.4. The van der Waals surface area contributed by atoms with Crippen LogP contribution in [0.3, 0.4) is 0 Å². The van der Waals surface area contributed by atoms with Crippen LogP contribution >= 0.6 is 0 Å². The number of unbranched alkanes of at least 4 members (excludes halogenated alkanes) is 1. The molecule has 0 heterocycles. The Bertz CT molecular complexity index is 263. The molecule has 0 rings (SSSR count). The van der Waals surface area contributed by atoms with E-state index in [2.05, 4.69) is 13.0 Å². The van der Waals surface area contributed by atoms with Gasteiger partial charge in [-0.25, -0.2) is 0 Å². The molecule has 0 spiro atoms. The van der Waals surface area contributed by atoms with Gasteiger partial charge in [-0.3, -0.25) is 0 Å². The van der Waals surface area contributed by atoms with Crippen molar-refractivity contribution in [1.29, 1.82) is 0 Å². The Hall–Kier alpha value is -0.930. The fourth-order valence-electron chi connectivity index (χ4n) is 1.73. The number of carbonyl (C=O) groups is 1. The predicted octanol–water partition coefficient (Wildman–Crippen LogP) is 4.04. The summed E-state index contributed by atoms with van der Waals surface area (Å²) in [7, 11) is 0. The van der Waals surface area contributed by atoms with Gasteiger partial charge in [-0.15, -0.1) is 0 Å². The van der Waals surface area contributed by atoms with Crippen molar-refractivity contribution in [3.05, 3.63) is 23.8 Å². The van der Waals surface area contributed by atoms with E-state index in [1.165, 1.54) is 5.57 Å². The zero-order valence-electron chi connectivity index (χ0n) is 12.6. The van der Waals surface area contributed by atoms with E-state index in [4.69, 9.17) is 9.47 Å². The van der Waals surface area contributed by atoms with Crippen molar-refractivity contribution in [3.63, 3.8) is 0 Å². The molecule has 0 N–H and O–H groups in total. The third-order valence-corrected chi connectivity index (χ3v) is 2.63. The zero-order valence-corrected chi connectivity index (χ0v) is 12.6. The highest BCUT2D eigenvalue weighted by atomic mass is 16.7. The third kappa shape index (κ3) is 9.62. The summed E-state index contributed by atoms with van der Waals surface area (Å²) in [6.45, 7) is 7.42. The van der Waals surface area contributed by atoms with Crippen LogP contribution < -0.4 is 0 Å². The second-order valence-corrected chi connectivity index (χ2v) is 4.22. The van der Waals surface area contributed by atoms with Gasteiger partial charge in [-0.2, -0.15) is 0 Å². The molecule has 0 aliphatic heterocycles. The summed E-state index contributed by atoms with van der Waals surface area (Å²) in [6, 6.07) is 0. The Labute approximate surface area is 117 Å². The van der Waals surface area contributed by atoms with Crippen molar-refractivity contribution in [3.8, 4) is 0 Å². The lowest BCUT2D eigenvalue weighted by molar-refractivity contribution is -0.113. The van der Waals surface area contributed by atoms with Gasteiger partial charge in [0.05, 0.1) is 0 Å². The van der Waals surface area contributed by atoms with Gasteiger partial charge < -0.3 is 14.3 Å². The number of carbonyl (C=O) groups excluding carboxylic acids is 1. The number of hydrogen-bond donors (Lipinski definition) is 0. The van der Waals surface area contributed by atoms with Crippen LogP contribution in [-0.2, 0) is 14.3 Å². The molecular formula is C16H28O3. The van der Waals surface area contributed by atoms with Gasteiger partial charge in [0.15, 0.2) is 6.29 Å². The van der Waals surface area contributed by atoms with E-state index in [9.17, 15) is 4.79 Å². The average molecular weight is 268 g/mol. The molecule has 0 aromatic heterocycles. The van der Waals surface area contributed by atoms with E-state index in [0.29, 0.717) is 19.6 Å². The van der Waals surface area contributed by atoms with Crippen molar-refractivity contribution in [2.45, 2.75) is 59.2 Å². The van der Waals surface area contributed by atoms with Crippen LogP contribution in [0.5, 0.6) is 0 Å². The average Bonchev–Trinajstić information content (AvgIpc) is 2.42. The SMILES string of the molecule is CCCC=C(CCC=CCC=O)C(OCC)OCC. The van der Waals surface area contributed by atoms with E-state index in [0.717, 1.165) is 32.0 Å². The zero-order chi connectivity index (χ0) is 14.3. The molecule has 0 saturated heterocycles. The minimum Gasteiger partial charge on any atom is -0.349 e.